The molecule has 0 spiro atoms. The molecular weight excluding hydrogens is 264 g/mol. The van der Waals surface area contributed by atoms with Crippen molar-refractivity contribution in [3.05, 3.63) is 16.1 Å². The van der Waals surface area contributed by atoms with E-state index in [-0.39, 0.29) is 0 Å². The van der Waals surface area contributed by atoms with E-state index in [9.17, 15) is 0 Å². The van der Waals surface area contributed by atoms with E-state index in [2.05, 4.69) is 24.5 Å². The Morgan fingerprint density at radius 3 is 2.70 bits per heavy atom. The maximum atomic E-state index is 4.69. The number of fused-ring (bicyclic) bond motifs is 5. The summed E-state index contributed by atoms with van der Waals surface area (Å²) in [6.07, 6.45) is 7.00. The van der Waals surface area contributed by atoms with Crippen LogP contribution >= 0.6 is 11.3 Å². The first kappa shape index (κ1) is 13.3. The van der Waals surface area contributed by atoms with Gasteiger partial charge in [0.25, 0.3) is 0 Å². The van der Waals surface area contributed by atoms with E-state index in [0.29, 0.717) is 6.04 Å². The average Bonchev–Trinajstić information content (AvgIpc) is 2.80. The highest BCUT2D eigenvalue weighted by molar-refractivity contribution is 7.09. The largest absolute Gasteiger partial charge is 0.313 e. The first-order valence-corrected chi connectivity index (χ1v) is 9.30. The summed E-state index contributed by atoms with van der Waals surface area (Å²) < 4.78 is 0. The molecule has 4 rings (SSSR count). The van der Waals surface area contributed by atoms with Crippen LogP contribution in [0.25, 0.3) is 0 Å². The Kier molecular flexibility index (Phi) is 3.38. The molecule has 1 aromatic heterocycles. The Bertz CT molecular complexity index is 467. The van der Waals surface area contributed by atoms with Gasteiger partial charge in [0.1, 0.15) is 0 Å². The first-order chi connectivity index (χ1) is 9.78. The molecule has 1 heterocycles. The van der Waals surface area contributed by atoms with Gasteiger partial charge in [0.15, 0.2) is 0 Å². The molecule has 5 atom stereocenters. The van der Waals surface area contributed by atoms with Crippen molar-refractivity contribution in [2.75, 3.05) is 6.54 Å². The molecule has 3 saturated carbocycles. The number of thiazole rings is 1. The second-order valence-electron chi connectivity index (χ2n) is 7.19. The summed E-state index contributed by atoms with van der Waals surface area (Å²) in [7, 11) is 0. The van der Waals surface area contributed by atoms with Gasteiger partial charge in [-0.25, -0.2) is 4.98 Å². The lowest BCUT2D eigenvalue weighted by molar-refractivity contribution is 0.360. The number of hydrogen-bond acceptors (Lipinski definition) is 3. The van der Waals surface area contributed by atoms with Crippen LogP contribution in [0.2, 0.25) is 0 Å². The molecule has 3 fully saturated rings. The van der Waals surface area contributed by atoms with E-state index < -0.39 is 0 Å². The van der Waals surface area contributed by atoms with Gasteiger partial charge in [-0.2, -0.15) is 0 Å². The molecule has 0 aliphatic heterocycles. The molecule has 2 nitrogen and oxygen atoms in total. The molecule has 3 aliphatic carbocycles. The van der Waals surface area contributed by atoms with E-state index in [1.165, 1.54) is 36.5 Å². The van der Waals surface area contributed by atoms with Crippen LogP contribution < -0.4 is 5.32 Å². The maximum absolute atomic E-state index is 4.69. The van der Waals surface area contributed by atoms with Gasteiger partial charge in [-0.1, -0.05) is 6.92 Å². The normalized spacial score (nSPS) is 39.0. The van der Waals surface area contributed by atoms with Gasteiger partial charge in [0, 0.05) is 17.8 Å². The van der Waals surface area contributed by atoms with Gasteiger partial charge in [-0.3, -0.25) is 0 Å². The topological polar surface area (TPSA) is 24.9 Å². The van der Waals surface area contributed by atoms with E-state index >= 15 is 0 Å². The van der Waals surface area contributed by atoms with Crippen molar-refractivity contribution in [1.29, 1.82) is 0 Å². The van der Waals surface area contributed by atoms with E-state index in [1.807, 2.05) is 0 Å². The van der Waals surface area contributed by atoms with E-state index in [1.54, 1.807) is 17.8 Å². The van der Waals surface area contributed by atoms with E-state index in [4.69, 9.17) is 4.98 Å². The smallest absolute Gasteiger partial charge is 0.0897 e. The molecule has 3 heteroatoms. The molecule has 2 bridgehead atoms. The van der Waals surface area contributed by atoms with Crippen LogP contribution in [0.4, 0.5) is 0 Å². The van der Waals surface area contributed by atoms with Gasteiger partial charge >= 0.3 is 0 Å². The summed E-state index contributed by atoms with van der Waals surface area (Å²) in [4.78, 5) is 4.69. The molecule has 0 radical (unpaired) electrons. The molecular formula is C17H26N2S. The van der Waals surface area contributed by atoms with Crippen molar-refractivity contribution >= 4 is 11.3 Å². The molecule has 3 aliphatic rings. The third-order valence-corrected chi connectivity index (χ3v) is 6.83. The highest BCUT2D eigenvalue weighted by atomic mass is 32.1. The summed E-state index contributed by atoms with van der Waals surface area (Å²) in [5.41, 5.74) is 1.32. The molecule has 20 heavy (non-hydrogen) atoms. The summed E-state index contributed by atoms with van der Waals surface area (Å²) in [6.45, 7) is 5.56. The van der Waals surface area contributed by atoms with Gasteiger partial charge in [-0.05, 0) is 68.7 Å². The van der Waals surface area contributed by atoms with Crippen molar-refractivity contribution in [2.24, 2.45) is 29.6 Å². The third kappa shape index (κ3) is 2.14. The Morgan fingerprint density at radius 2 is 2.10 bits per heavy atom. The summed E-state index contributed by atoms with van der Waals surface area (Å²) in [5.74, 6) is 5.27. The first-order valence-electron chi connectivity index (χ1n) is 8.42. The predicted octanol–water partition coefficient (Wildman–Crippen LogP) is 3.65. The maximum Gasteiger partial charge on any atom is 0.0897 e. The standard InChI is InChI=1S/C17H26N2S/c1-3-6-18-14(8-13-9-20-10(2)19-13)17-15-11-4-5-12(7-11)16(15)17/h9,11-12,14-18H,3-8H2,1-2H3. The molecule has 110 valence electrons. The van der Waals surface area contributed by atoms with Crippen LogP contribution in [0.3, 0.4) is 0 Å². The lowest BCUT2D eigenvalue weighted by Gasteiger charge is -2.21. The Labute approximate surface area is 126 Å². The molecule has 0 amide bonds. The lowest BCUT2D eigenvalue weighted by Crippen LogP contribution is -2.36. The van der Waals surface area contributed by atoms with Crippen LogP contribution in [0.1, 0.15) is 43.3 Å². The molecule has 5 unspecified atom stereocenters. The number of hydrogen-bond donors (Lipinski definition) is 1. The van der Waals surface area contributed by atoms with Crippen LogP contribution in [0.5, 0.6) is 0 Å². The fourth-order valence-electron chi connectivity index (χ4n) is 5.33. The molecule has 0 saturated heterocycles. The van der Waals surface area contributed by atoms with Crippen molar-refractivity contribution in [3.8, 4) is 0 Å². The fraction of sp³-hybridized carbons (Fsp3) is 0.824. The highest BCUT2D eigenvalue weighted by Crippen LogP contribution is 2.70. The van der Waals surface area contributed by atoms with Gasteiger partial charge in [0.05, 0.1) is 10.7 Å². The average molecular weight is 290 g/mol. The monoisotopic (exact) mass is 290 g/mol. The van der Waals surface area contributed by atoms with Crippen molar-refractivity contribution in [3.63, 3.8) is 0 Å². The van der Waals surface area contributed by atoms with E-state index in [0.717, 1.165) is 36.0 Å². The summed E-state index contributed by atoms with van der Waals surface area (Å²) in [5, 5.41) is 7.33. The number of rotatable bonds is 6. The number of aryl methyl sites for hydroxylation is 1. The zero-order valence-corrected chi connectivity index (χ0v) is 13.5. The zero-order valence-electron chi connectivity index (χ0n) is 12.6. The second-order valence-corrected chi connectivity index (χ2v) is 8.25. The van der Waals surface area contributed by atoms with Crippen molar-refractivity contribution in [2.45, 2.75) is 52.0 Å². The van der Waals surface area contributed by atoms with Crippen molar-refractivity contribution < 1.29 is 0 Å². The molecule has 1 N–H and O–H groups in total. The van der Waals surface area contributed by atoms with Gasteiger partial charge in [-0.15, -0.1) is 11.3 Å². The van der Waals surface area contributed by atoms with Crippen molar-refractivity contribution in [1.82, 2.24) is 10.3 Å². The number of nitrogens with zero attached hydrogens (tertiary/aromatic N) is 1. The second kappa shape index (κ2) is 5.10. The minimum absolute atomic E-state index is 0.690. The van der Waals surface area contributed by atoms with Crippen LogP contribution in [-0.2, 0) is 6.42 Å². The summed E-state index contributed by atoms with van der Waals surface area (Å²) >= 11 is 1.80. The highest BCUT2D eigenvalue weighted by Gasteiger charge is 2.66. The molecule has 0 aromatic carbocycles. The Balaban J connectivity index is 1.46. The zero-order chi connectivity index (χ0) is 13.7. The number of nitrogens with one attached hydrogen (secondary N) is 1. The van der Waals surface area contributed by atoms with Gasteiger partial charge < -0.3 is 5.32 Å². The number of aromatic nitrogens is 1. The predicted molar refractivity (Wildman–Crippen MR) is 83.9 cm³/mol. The summed E-state index contributed by atoms with van der Waals surface area (Å²) in [6, 6.07) is 0.690. The molecule has 1 aromatic rings. The SMILES string of the molecule is CCCNC(Cc1csc(C)n1)C1C2C3CCC(C3)C21. The Morgan fingerprint density at radius 1 is 1.35 bits per heavy atom. The van der Waals surface area contributed by atoms with Crippen LogP contribution in [0, 0.1) is 36.5 Å². The lowest BCUT2D eigenvalue weighted by atomic mass is 9.95. The third-order valence-electron chi connectivity index (χ3n) is 6.01. The minimum Gasteiger partial charge on any atom is -0.313 e. The van der Waals surface area contributed by atoms with Gasteiger partial charge in [0.2, 0.25) is 0 Å². The van der Waals surface area contributed by atoms with Crippen LogP contribution in [-0.4, -0.2) is 17.6 Å². The van der Waals surface area contributed by atoms with Crippen LogP contribution in [0.15, 0.2) is 5.38 Å². The quantitative estimate of drug-likeness (QED) is 0.865. The Hall–Kier alpha value is -0.410. The fourth-order valence-corrected chi connectivity index (χ4v) is 5.96. The minimum atomic E-state index is 0.690.